The molecule has 0 saturated heterocycles. The van der Waals surface area contributed by atoms with Gasteiger partial charge in [-0.1, -0.05) is 5.92 Å². The molecule has 4 heteroatoms. The van der Waals surface area contributed by atoms with Crippen LogP contribution in [0.5, 0.6) is 0 Å². The molecule has 4 nitrogen and oxygen atoms in total. The van der Waals surface area contributed by atoms with Crippen LogP contribution in [0.1, 0.15) is 23.9 Å². The van der Waals surface area contributed by atoms with Gasteiger partial charge >= 0.3 is 5.97 Å². The van der Waals surface area contributed by atoms with Gasteiger partial charge in [-0.3, -0.25) is 9.48 Å². The van der Waals surface area contributed by atoms with Crippen molar-refractivity contribution in [3.63, 3.8) is 0 Å². The summed E-state index contributed by atoms with van der Waals surface area (Å²) in [5, 5.41) is 13.0. The van der Waals surface area contributed by atoms with Gasteiger partial charge in [0.25, 0.3) is 0 Å². The number of aromatic nitrogens is 2. The standard InChI is InChI=1S/C11H14N2O2/c1-4-5-6-13-9(3)10(7-11(14)15)8(2)12-13/h6-7H2,1-3H3,(H,14,15). The molecule has 1 heterocycles. The second-order valence-electron chi connectivity index (χ2n) is 3.30. The largest absolute Gasteiger partial charge is 0.481 e. The lowest BCUT2D eigenvalue weighted by Gasteiger charge is -1.99. The molecule has 0 aliphatic heterocycles. The predicted molar refractivity (Wildman–Crippen MR) is 56.5 cm³/mol. The quantitative estimate of drug-likeness (QED) is 0.755. The first-order valence-electron chi connectivity index (χ1n) is 4.70. The zero-order valence-corrected chi connectivity index (χ0v) is 9.16. The Balaban J connectivity index is 3.01. The zero-order valence-electron chi connectivity index (χ0n) is 9.16. The van der Waals surface area contributed by atoms with Crippen LogP contribution in [0.15, 0.2) is 0 Å². The van der Waals surface area contributed by atoms with Gasteiger partial charge < -0.3 is 5.11 Å². The molecule has 0 radical (unpaired) electrons. The third-order valence-electron chi connectivity index (χ3n) is 2.26. The van der Waals surface area contributed by atoms with Crippen LogP contribution < -0.4 is 0 Å². The number of hydrogen-bond donors (Lipinski definition) is 1. The highest BCUT2D eigenvalue weighted by molar-refractivity contribution is 5.70. The molecule has 0 spiro atoms. The molecule has 1 rings (SSSR count). The van der Waals surface area contributed by atoms with E-state index >= 15 is 0 Å². The first-order valence-corrected chi connectivity index (χ1v) is 4.70. The van der Waals surface area contributed by atoms with Crippen molar-refractivity contribution in [2.24, 2.45) is 0 Å². The van der Waals surface area contributed by atoms with E-state index in [4.69, 9.17) is 5.11 Å². The summed E-state index contributed by atoms with van der Waals surface area (Å²) < 4.78 is 1.74. The van der Waals surface area contributed by atoms with Crippen molar-refractivity contribution in [2.75, 3.05) is 0 Å². The van der Waals surface area contributed by atoms with E-state index in [2.05, 4.69) is 16.9 Å². The third-order valence-corrected chi connectivity index (χ3v) is 2.26. The highest BCUT2D eigenvalue weighted by Gasteiger charge is 2.13. The van der Waals surface area contributed by atoms with E-state index in [1.807, 2.05) is 13.8 Å². The Hall–Kier alpha value is -1.76. The van der Waals surface area contributed by atoms with E-state index in [1.165, 1.54) is 0 Å². The van der Waals surface area contributed by atoms with Gasteiger partial charge in [0.15, 0.2) is 0 Å². The van der Waals surface area contributed by atoms with Crippen LogP contribution in [0.2, 0.25) is 0 Å². The highest BCUT2D eigenvalue weighted by Crippen LogP contribution is 2.13. The van der Waals surface area contributed by atoms with Gasteiger partial charge in [-0.05, 0) is 20.8 Å². The molecule has 1 aromatic heterocycles. The minimum absolute atomic E-state index is 0.0250. The molecule has 15 heavy (non-hydrogen) atoms. The van der Waals surface area contributed by atoms with Gasteiger partial charge in [0.2, 0.25) is 0 Å². The summed E-state index contributed by atoms with van der Waals surface area (Å²) in [6.07, 6.45) is 0.0250. The molecular weight excluding hydrogens is 192 g/mol. The lowest BCUT2D eigenvalue weighted by Crippen LogP contribution is -2.04. The summed E-state index contributed by atoms with van der Waals surface area (Å²) in [6.45, 7) is 5.98. The van der Waals surface area contributed by atoms with Gasteiger partial charge in [0, 0.05) is 11.3 Å². The Kier molecular flexibility index (Phi) is 3.51. The molecule has 80 valence electrons. The Labute approximate surface area is 88.9 Å². The van der Waals surface area contributed by atoms with Gasteiger partial charge in [-0.2, -0.15) is 5.10 Å². The molecule has 0 bridgehead atoms. The van der Waals surface area contributed by atoms with Crippen molar-refractivity contribution in [3.8, 4) is 11.8 Å². The van der Waals surface area contributed by atoms with Crippen LogP contribution >= 0.6 is 0 Å². The first-order chi connectivity index (χ1) is 7.06. The summed E-state index contributed by atoms with van der Waals surface area (Å²) in [6, 6.07) is 0. The Morgan fingerprint density at radius 3 is 2.73 bits per heavy atom. The van der Waals surface area contributed by atoms with E-state index in [0.717, 1.165) is 17.0 Å². The molecule has 0 aliphatic rings. The lowest BCUT2D eigenvalue weighted by molar-refractivity contribution is -0.136. The predicted octanol–water partition coefficient (Wildman–Crippen LogP) is 1.15. The van der Waals surface area contributed by atoms with Gasteiger partial charge in [0.1, 0.15) is 6.54 Å². The molecule has 0 unspecified atom stereocenters. The molecule has 1 N–H and O–H groups in total. The van der Waals surface area contributed by atoms with E-state index in [-0.39, 0.29) is 6.42 Å². The van der Waals surface area contributed by atoms with Crippen molar-refractivity contribution < 1.29 is 9.90 Å². The second-order valence-corrected chi connectivity index (χ2v) is 3.30. The fourth-order valence-electron chi connectivity index (χ4n) is 1.45. The van der Waals surface area contributed by atoms with Crippen molar-refractivity contribution in [3.05, 3.63) is 17.0 Å². The van der Waals surface area contributed by atoms with Crippen molar-refractivity contribution >= 4 is 5.97 Å². The number of aliphatic carboxylic acids is 1. The summed E-state index contributed by atoms with van der Waals surface area (Å²) >= 11 is 0. The van der Waals surface area contributed by atoms with E-state index in [0.29, 0.717) is 6.54 Å². The maximum absolute atomic E-state index is 10.6. The number of aryl methyl sites for hydroxylation is 1. The van der Waals surface area contributed by atoms with Crippen molar-refractivity contribution in [1.29, 1.82) is 0 Å². The van der Waals surface area contributed by atoms with Gasteiger partial charge in [-0.15, -0.1) is 5.92 Å². The number of hydrogen-bond acceptors (Lipinski definition) is 2. The van der Waals surface area contributed by atoms with Crippen molar-refractivity contribution in [1.82, 2.24) is 9.78 Å². The van der Waals surface area contributed by atoms with Crippen LogP contribution in [0.3, 0.4) is 0 Å². The fraction of sp³-hybridized carbons (Fsp3) is 0.455. The van der Waals surface area contributed by atoms with Gasteiger partial charge in [-0.25, -0.2) is 0 Å². The fourth-order valence-corrected chi connectivity index (χ4v) is 1.45. The maximum Gasteiger partial charge on any atom is 0.307 e. The molecule has 0 saturated carbocycles. The lowest BCUT2D eigenvalue weighted by atomic mass is 10.1. The minimum atomic E-state index is -0.831. The topological polar surface area (TPSA) is 55.1 Å². The molecule has 0 fully saturated rings. The van der Waals surface area contributed by atoms with E-state index < -0.39 is 5.97 Å². The maximum atomic E-state index is 10.6. The van der Waals surface area contributed by atoms with Crippen LogP contribution in [0.25, 0.3) is 0 Å². The Morgan fingerprint density at radius 1 is 1.53 bits per heavy atom. The summed E-state index contributed by atoms with van der Waals surface area (Å²) in [4.78, 5) is 10.6. The molecular formula is C11H14N2O2. The summed E-state index contributed by atoms with van der Waals surface area (Å²) in [7, 11) is 0. The number of carboxylic acids is 1. The smallest absolute Gasteiger partial charge is 0.307 e. The average molecular weight is 206 g/mol. The van der Waals surface area contributed by atoms with E-state index in [1.54, 1.807) is 11.6 Å². The van der Waals surface area contributed by atoms with Crippen LogP contribution in [0.4, 0.5) is 0 Å². The molecule has 0 amide bonds. The van der Waals surface area contributed by atoms with Crippen LogP contribution in [-0.2, 0) is 17.8 Å². The van der Waals surface area contributed by atoms with Crippen LogP contribution in [0, 0.1) is 25.7 Å². The molecule has 0 aromatic carbocycles. The average Bonchev–Trinajstić information content (AvgIpc) is 2.42. The number of nitrogens with zero attached hydrogens (tertiary/aromatic N) is 2. The number of rotatable bonds is 3. The highest BCUT2D eigenvalue weighted by atomic mass is 16.4. The molecule has 0 aliphatic carbocycles. The van der Waals surface area contributed by atoms with Crippen molar-refractivity contribution in [2.45, 2.75) is 33.7 Å². The number of carboxylic acid groups (broad SMARTS) is 1. The SMILES string of the molecule is CC#CCn1nc(C)c(CC(=O)O)c1C. The first kappa shape index (κ1) is 11.3. The normalized spacial score (nSPS) is 9.53. The Bertz CT molecular complexity index is 435. The van der Waals surface area contributed by atoms with Gasteiger partial charge in [0.05, 0.1) is 12.1 Å². The molecule has 0 atom stereocenters. The second kappa shape index (κ2) is 4.65. The third kappa shape index (κ3) is 2.59. The Morgan fingerprint density at radius 2 is 2.20 bits per heavy atom. The monoisotopic (exact) mass is 206 g/mol. The summed E-state index contributed by atoms with van der Waals surface area (Å²) in [5.41, 5.74) is 2.45. The number of carbonyl (C=O) groups is 1. The zero-order chi connectivity index (χ0) is 11.4. The van der Waals surface area contributed by atoms with E-state index in [9.17, 15) is 4.79 Å². The molecule has 1 aromatic rings. The minimum Gasteiger partial charge on any atom is -0.481 e. The summed E-state index contributed by atoms with van der Waals surface area (Å²) in [5.74, 6) is 4.86. The van der Waals surface area contributed by atoms with Crippen LogP contribution in [-0.4, -0.2) is 20.9 Å².